The normalized spacial score (nSPS) is 11.0. The minimum atomic E-state index is 0.835. The number of fused-ring (bicyclic) bond motifs is 1. The van der Waals surface area contributed by atoms with Crippen molar-refractivity contribution in [3.05, 3.63) is 89.2 Å². The van der Waals surface area contributed by atoms with Gasteiger partial charge in [0.2, 0.25) is 0 Å². The van der Waals surface area contributed by atoms with E-state index < -0.39 is 0 Å². The lowest BCUT2D eigenvalue weighted by Gasteiger charge is -2.11. The van der Waals surface area contributed by atoms with Gasteiger partial charge in [0.25, 0.3) is 0 Å². The van der Waals surface area contributed by atoms with E-state index in [2.05, 4.69) is 92.2 Å². The van der Waals surface area contributed by atoms with Gasteiger partial charge >= 0.3 is 0 Å². The number of rotatable bonds is 3. The lowest BCUT2D eigenvalue weighted by molar-refractivity contribution is 0.842. The fraction of sp³-hybridized carbons (Fsp3) is 0.0500. The first-order valence-electron chi connectivity index (χ1n) is 7.54. The maximum absolute atomic E-state index is 4.11. The summed E-state index contributed by atoms with van der Waals surface area (Å²) in [6.07, 6.45) is 3.70. The van der Waals surface area contributed by atoms with E-state index >= 15 is 0 Å². The Morgan fingerprint density at radius 2 is 1.61 bits per heavy atom. The van der Waals surface area contributed by atoms with Gasteiger partial charge in [-0.05, 0) is 47.5 Å². The molecule has 0 radical (unpaired) electrons. The Bertz CT molecular complexity index is 940. The number of nitrogens with zero attached hydrogens (tertiary/aromatic N) is 2. The zero-order valence-electron chi connectivity index (χ0n) is 12.5. The first-order chi connectivity index (χ1) is 11.3. The summed E-state index contributed by atoms with van der Waals surface area (Å²) in [4.78, 5) is 4.11. The summed E-state index contributed by atoms with van der Waals surface area (Å²) in [5.41, 5.74) is 4.95. The third kappa shape index (κ3) is 2.80. The van der Waals surface area contributed by atoms with Gasteiger partial charge in [0.15, 0.2) is 0 Å². The molecule has 0 aliphatic heterocycles. The van der Waals surface area contributed by atoms with E-state index in [-0.39, 0.29) is 0 Å². The highest BCUT2D eigenvalue weighted by Crippen LogP contribution is 2.29. The zero-order chi connectivity index (χ0) is 15.6. The van der Waals surface area contributed by atoms with Crippen LogP contribution in [0.4, 0.5) is 0 Å². The maximum Gasteiger partial charge on any atom is 0.0494 e. The molecule has 0 atom stereocenters. The second-order valence-corrected chi connectivity index (χ2v) is 6.45. The van der Waals surface area contributed by atoms with Crippen molar-refractivity contribution in [1.82, 2.24) is 9.55 Å². The molecule has 0 aliphatic carbocycles. The highest BCUT2D eigenvalue weighted by atomic mass is 79.9. The van der Waals surface area contributed by atoms with E-state index in [9.17, 15) is 0 Å². The molecule has 0 saturated heterocycles. The molecule has 3 heteroatoms. The Morgan fingerprint density at radius 1 is 0.870 bits per heavy atom. The SMILES string of the molecule is Brc1ccc(-c2cc3ccccc3n2Cc2ccncc2)cc1. The summed E-state index contributed by atoms with van der Waals surface area (Å²) in [7, 11) is 0. The molecule has 0 spiro atoms. The van der Waals surface area contributed by atoms with Gasteiger partial charge in [-0.2, -0.15) is 0 Å². The highest BCUT2D eigenvalue weighted by Gasteiger charge is 2.10. The quantitative estimate of drug-likeness (QED) is 0.469. The van der Waals surface area contributed by atoms with Crippen molar-refractivity contribution in [2.75, 3.05) is 0 Å². The predicted molar refractivity (Wildman–Crippen MR) is 98.4 cm³/mol. The topological polar surface area (TPSA) is 17.8 Å². The van der Waals surface area contributed by atoms with Crippen LogP contribution >= 0.6 is 15.9 Å². The summed E-state index contributed by atoms with van der Waals surface area (Å²) >= 11 is 3.51. The third-order valence-corrected chi connectivity index (χ3v) is 4.57. The molecule has 2 heterocycles. The number of halogens is 1. The smallest absolute Gasteiger partial charge is 0.0494 e. The summed E-state index contributed by atoms with van der Waals surface area (Å²) < 4.78 is 3.46. The number of para-hydroxylation sites is 1. The van der Waals surface area contributed by atoms with Gasteiger partial charge in [-0.25, -0.2) is 0 Å². The molecule has 112 valence electrons. The molecule has 4 rings (SSSR count). The van der Waals surface area contributed by atoms with Crippen LogP contribution in [0.1, 0.15) is 5.56 Å². The molecule has 0 amide bonds. The number of hydrogen-bond donors (Lipinski definition) is 0. The Balaban J connectivity index is 1.89. The van der Waals surface area contributed by atoms with E-state index in [4.69, 9.17) is 0 Å². The number of pyridine rings is 1. The molecule has 23 heavy (non-hydrogen) atoms. The van der Waals surface area contributed by atoms with Crippen molar-refractivity contribution < 1.29 is 0 Å². The zero-order valence-corrected chi connectivity index (χ0v) is 14.1. The van der Waals surface area contributed by atoms with Crippen molar-refractivity contribution in [2.24, 2.45) is 0 Å². The molecule has 0 bridgehead atoms. The van der Waals surface area contributed by atoms with E-state index in [1.165, 1.54) is 27.7 Å². The Kier molecular flexibility index (Phi) is 3.72. The molecule has 0 fully saturated rings. The predicted octanol–water partition coefficient (Wildman–Crippen LogP) is 5.51. The van der Waals surface area contributed by atoms with Crippen LogP contribution in [0.2, 0.25) is 0 Å². The van der Waals surface area contributed by atoms with Gasteiger partial charge in [0.05, 0.1) is 0 Å². The van der Waals surface area contributed by atoms with Gasteiger partial charge in [-0.1, -0.05) is 46.3 Å². The monoisotopic (exact) mass is 362 g/mol. The van der Waals surface area contributed by atoms with E-state index in [0.29, 0.717) is 0 Å². The molecule has 0 aliphatic rings. The van der Waals surface area contributed by atoms with Crippen LogP contribution in [0.5, 0.6) is 0 Å². The van der Waals surface area contributed by atoms with Crippen LogP contribution in [0.15, 0.2) is 83.6 Å². The number of hydrogen-bond acceptors (Lipinski definition) is 1. The van der Waals surface area contributed by atoms with E-state index in [0.717, 1.165) is 11.0 Å². The Hall–Kier alpha value is -2.39. The van der Waals surface area contributed by atoms with Crippen molar-refractivity contribution in [3.63, 3.8) is 0 Å². The van der Waals surface area contributed by atoms with Crippen LogP contribution in [0, 0.1) is 0 Å². The lowest BCUT2D eigenvalue weighted by atomic mass is 10.1. The van der Waals surface area contributed by atoms with Crippen LogP contribution in [-0.2, 0) is 6.54 Å². The summed E-state index contributed by atoms with van der Waals surface area (Å²) in [6, 6.07) is 23.4. The molecule has 2 aromatic heterocycles. The average molecular weight is 363 g/mol. The van der Waals surface area contributed by atoms with Crippen molar-refractivity contribution in [1.29, 1.82) is 0 Å². The molecule has 0 N–H and O–H groups in total. The fourth-order valence-electron chi connectivity index (χ4n) is 2.91. The first kappa shape index (κ1) is 14.2. The minimum absolute atomic E-state index is 0.835. The highest BCUT2D eigenvalue weighted by molar-refractivity contribution is 9.10. The third-order valence-electron chi connectivity index (χ3n) is 4.04. The summed E-state index contributed by atoms with van der Waals surface area (Å²) in [5, 5.41) is 1.26. The molecule has 0 unspecified atom stereocenters. The van der Waals surface area contributed by atoms with Crippen LogP contribution < -0.4 is 0 Å². The van der Waals surface area contributed by atoms with E-state index in [1.54, 1.807) is 0 Å². The molecule has 0 saturated carbocycles. The van der Waals surface area contributed by atoms with Crippen LogP contribution in [0.25, 0.3) is 22.2 Å². The largest absolute Gasteiger partial charge is 0.336 e. The van der Waals surface area contributed by atoms with Crippen LogP contribution in [0.3, 0.4) is 0 Å². The molecular weight excluding hydrogens is 348 g/mol. The Morgan fingerprint density at radius 3 is 2.39 bits per heavy atom. The summed E-state index contributed by atoms with van der Waals surface area (Å²) in [5.74, 6) is 0. The summed E-state index contributed by atoms with van der Waals surface area (Å²) in [6.45, 7) is 0.835. The first-order valence-corrected chi connectivity index (χ1v) is 8.34. The maximum atomic E-state index is 4.11. The molecule has 2 nitrogen and oxygen atoms in total. The van der Waals surface area contributed by atoms with Gasteiger partial charge in [0.1, 0.15) is 0 Å². The average Bonchev–Trinajstić information content (AvgIpc) is 2.95. The fourth-order valence-corrected chi connectivity index (χ4v) is 3.18. The lowest BCUT2D eigenvalue weighted by Crippen LogP contribution is -2.01. The minimum Gasteiger partial charge on any atom is -0.336 e. The second-order valence-electron chi connectivity index (χ2n) is 5.54. The van der Waals surface area contributed by atoms with Gasteiger partial charge in [0, 0.05) is 40.0 Å². The molecular formula is C20H15BrN2. The van der Waals surface area contributed by atoms with Crippen molar-refractivity contribution >= 4 is 26.8 Å². The standard InChI is InChI=1S/C20H15BrN2/c21-18-7-5-16(6-8-18)20-13-17-3-1-2-4-19(17)23(20)14-15-9-11-22-12-10-15/h1-13H,14H2. The Labute approximate surface area is 143 Å². The van der Waals surface area contributed by atoms with Gasteiger partial charge in [-0.3, -0.25) is 4.98 Å². The number of aromatic nitrogens is 2. The van der Waals surface area contributed by atoms with Gasteiger partial charge in [-0.15, -0.1) is 0 Å². The van der Waals surface area contributed by atoms with E-state index in [1.807, 2.05) is 12.4 Å². The molecule has 4 aromatic rings. The van der Waals surface area contributed by atoms with Gasteiger partial charge < -0.3 is 4.57 Å². The second kappa shape index (κ2) is 6.01. The molecule has 2 aromatic carbocycles. The number of benzene rings is 2. The van der Waals surface area contributed by atoms with Crippen molar-refractivity contribution in [3.8, 4) is 11.3 Å². The van der Waals surface area contributed by atoms with Crippen molar-refractivity contribution in [2.45, 2.75) is 6.54 Å². The van der Waals surface area contributed by atoms with Crippen LogP contribution in [-0.4, -0.2) is 9.55 Å².